The molecule has 0 bridgehead atoms. The number of halogens is 4. The Hall–Kier alpha value is -1.89. The first kappa shape index (κ1) is 15.5. The average molecular weight is 317 g/mol. The van der Waals surface area contributed by atoms with Crippen LogP contribution in [0.5, 0.6) is 0 Å². The molecule has 0 radical (unpaired) electrons. The molecule has 112 valence electrons. The summed E-state index contributed by atoms with van der Waals surface area (Å²) in [5.41, 5.74) is 5.25. The molecule has 0 fully saturated rings. The summed E-state index contributed by atoms with van der Waals surface area (Å²) in [6.45, 7) is 0. The van der Waals surface area contributed by atoms with Gasteiger partial charge in [0, 0.05) is 5.69 Å². The topological polar surface area (TPSA) is 43.1 Å². The summed E-state index contributed by atoms with van der Waals surface area (Å²) in [7, 11) is -1.69. The molecule has 2 rings (SSSR count). The fourth-order valence-electron chi connectivity index (χ4n) is 1.72. The zero-order valence-electron chi connectivity index (χ0n) is 10.7. The van der Waals surface area contributed by atoms with Crippen molar-refractivity contribution in [3.05, 3.63) is 59.4 Å². The Morgan fingerprint density at radius 3 is 2.19 bits per heavy atom. The third kappa shape index (κ3) is 3.81. The van der Waals surface area contributed by atoms with Crippen molar-refractivity contribution in [2.24, 2.45) is 0 Å². The van der Waals surface area contributed by atoms with Crippen LogP contribution in [0.2, 0.25) is 0 Å². The molecule has 2 nitrogen and oxygen atoms in total. The molecule has 2 N–H and O–H groups in total. The van der Waals surface area contributed by atoms with Crippen LogP contribution < -0.4 is 5.73 Å². The minimum absolute atomic E-state index is 0.0240. The fraction of sp³-hybridized carbons (Fsp3) is 0.143. The van der Waals surface area contributed by atoms with Crippen molar-refractivity contribution >= 4 is 16.5 Å². The number of anilines is 1. The average Bonchev–Trinajstić information content (AvgIpc) is 2.38. The largest absolute Gasteiger partial charge is 0.416 e. The summed E-state index contributed by atoms with van der Waals surface area (Å²) in [5.74, 6) is -0.765. The molecule has 2 aromatic rings. The third-order valence-corrected chi connectivity index (χ3v) is 4.20. The number of hydrogen-bond acceptors (Lipinski definition) is 2. The molecule has 0 aliphatic carbocycles. The van der Waals surface area contributed by atoms with Gasteiger partial charge in [-0.15, -0.1) is 0 Å². The Labute approximate surface area is 121 Å². The van der Waals surface area contributed by atoms with Crippen LogP contribution in [-0.4, -0.2) is 4.21 Å². The second-order valence-electron chi connectivity index (χ2n) is 4.37. The SMILES string of the molecule is Nc1ccc(S(=O)Cc2ccc(C(F)(F)F)cc2)c(F)c1. The first-order chi connectivity index (χ1) is 9.77. The highest BCUT2D eigenvalue weighted by Crippen LogP contribution is 2.29. The summed E-state index contributed by atoms with van der Waals surface area (Å²) < 4.78 is 62.9. The summed E-state index contributed by atoms with van der Waals surface area (Å²) in [6, 6.07) is 8.07. The lowest BCUT2D eigenvalue weighted by molar-refractivity contribution is -0.137. The highest BCUT2D eigenvalue weighted by atomic mass is 32.2. The first-order valence-electron chi connectivity index (χ1n) is 5.87. The van der Waals surface area contributed by atoms with Gasteiger partial charge in [0.2, 0.25) is 0 Å². The predicted octanol–water partition coefficient (Wildman–Crippen LogP) is 3.73. The van der Waals surface area contributed by atoms with Crippen molar-refractivity contribution in [1.29, 1.82) is 0 Å². The van der Waals surface area contributed by atoms with Crippen LogP contribution in [0.3, 0.4) is 0 Å². The second kappa shape index (κ2) is 5.85. The summed E-state index contributed by atoms with van der Waals surface area (Å²) in [6.07, 6.45) is -4.42. The molecule has 0 aliphatic heterocycles. The zero-order valence-corrected chi connectivity index (χ0v) is 11.5. The van der Waals surface area contributed by atoms with Gasteiger partial charge in [0.1, 0.15) is 5.82 Å². The van der Waals surface area contributed by atoms with E-state index in [1.165, 1.54) is 24.3 Å². The van der Waals surface area contributed by atoms with E-state index in [0.29, 0.717) is 5.56 Å². The van der Waals surface area contributed by atoms with E-state index in [1.807, 2.05) is 0 Å². The molecule has 0 saturated heterocycles. The van der Waals surface area contributed by atoms with Gasteiger partial charge in [0.15, 0.2) is 0 Å². The minimum Gasteiger partial charge on any atom is -0.399 e. The van der Waals surface area contributed by atoms with Crippen molar-refractivity contribution in [2.75, 3.05) is 5.73 Å². The molecule has 7 heteroatoms. The maximum Gasteiger partial charge on any atom is 0.416 e. The summed E-state index contributed by atoms with van der Waals surface area (Å²) >= 11 is 0. The lowest BCUT2D eigenvalue weighted by Gasteiger charge is -2.08. The van der Waals surface area contributed by atoms with Gasteiger partial charge < -0.3 is 5.73 Å². The second-order valence-corrected chi connectivity index (χ2v) is 5.79. The number of alkyl halides is 3. The maximum absolute atomic E-state index is 13.6. The molecule has 0 spiro atoms. The highest BCUT2D eigenvalue weighted by molar-refractivity contribution is 7.84. The van der Waals surface area contributed by atoms with E-state index in [2.05, 4.69) is 0 Å². The van der Waals surface area contributed by atoms with Crippen LogP contribution in [-0.2, 0) is 22.7 Å². The van der Waals surface area contributed by atoms with E-state index in [1.54, 1.807) is 0 Å². The highest BCUT2D eigenvalue weighted by Gasteiger charge is 2.29. The van der Waals surface area contributed by atoms with Gasteiger partial charge in [-0.2, -0.15) is 13.2 Å². The van der Waals surface area contributed by atoms with Crippen LogP contribution in [0.25, 0.3) is 0 Å². The molecule has 0 heterocycles. The van der Waals surface area contributed by atoms with Gasteiger partial charge in [-0.05, 0) is 35.9 Å². The van der Waals surface area contributed by atoms with Crippen LogP contribution in [0.15, 0.2) is 47.4 Å². The smallest absolute Gasteiger partial charge is 0.399 e. The van der Waals surface area contributed by atoms with Crippen LogP contribution >= 0.6 is 0 Å². The van der Waals surface area contributed by atoms with Crippen molar-refractivity contribution in [1.82, 2.24) is 0 Å². The Morgan fingerprint density at radius 2 is 1.67 bits per heavy atom. The van der Waals surface area contributed by atoms with Crippen LogP contribution in [0.1, 0.15) is 11.1 Å². The zero-order chi connectivity index (χ0) is 15.6. The third-order valence-electron chi connectivity index (χ3n) is 2.78. The molecule has 1 atom stereocenters. The molecule has 1 unspecified atom stereocenters. The molecule has 2 aromatic carbocycles. The number of rotatable bonds is 3. The molecule has 21 heavy (non-hydrogen) atoms. The van der Waals surface area contributed by atoms with E-state index in [4.69, 9.17) is 5.73 Å². The van der Waals surface area contributed by atoms with Crippen LogP contribution in [0.4, 0.5) is 23.2 Å². The standard InChI is InChI=1S/C14H11F4NOS/c15-12-7-11(19)5-6-13(12)21(20)8-9-1-3-10(4-2-9)14(16,17)18/h1-7H,8,19H2. The molecule has 0 saturated carbocycles. The van der Waals surface area contributed by atoms with E-state index < -0.39 is 28.4 Å². The van der Waals surface area contributed by atoms with Gasteiger partial charge in [-0.1, -0.05) is 12.1 Å². The Kier molecular flexibility index (Phi) is 4.32. The van der Waals surface area contributed by atoms with Crippen molar-refractivity contribution < 1.29 is 21.8 Å². The summed E-state index contributed by atoms with van der Waals surface area (Å²) in [4.78, 5) is -0.0240. The van der Waals surface area contributed by atoms with Crippen molar-refractivity contribution in [3.63, 3.8) is 0 Å². The number of hydrogen-bond donors (Lipinski definition) is 1. The monoisotopic (exact) mass is 317 g/mol. The molecular formula is C14H11F4NOS. The van der Waals surface area contributed by atoms with E-state index >= 15 is 0 Å². The Morgan fingerprint density at radius 1 is 1.05 bits per heavy atom. The molecule has 0 aliphatic rings. The quantitative estimate of drug-likeness (QED) is 0.692. The number of nitrogen functional groups attached to an aromatic ring is 1. The van der Waals surface area contributed by atoms with E-state index in [0.717, 1.165) is 18.2 Å². The van der Waals surface area contributed by atoms with E-state index in [-0.39, 0.29) is 16.3 Å². The molecular weight excluding hydrogens is 306 g/mol. The number of benzene rings is 2. The maximum atomic E-state index is 13.6. The minimum atomic E-state index is -4.42. The number of nitrogens with two attached hydrogens (primary N) is 1. The molecule has 0 aromatic heterocycles. The van der Waals surface area contributed by atoms with E-state index in [9.17, 15) is 21.8 Å². The van der Waals surface area contributed by atoms with Gasteiger partial charge in [-0.3, -0.25) is 4.21 Å². The normalized spacial score (nSPS) is 13.1. The first-order valence-corrected chi connectivity index (χ1v) is 7.19. The Balaban J connectivity index is 2.16. The van der Waals surface area contributed by atoms with Crippen LogP contribution in [0, 0.1) is 5.82 Å². The van der Waals surface area contributed by atoms with Gasteiger partial charge >= 0.3 is 6.18 Å². The summed E-state index contributed by atoms with van der Waals surface area (Å²) in [5, 5.41) is 0. The van der Waals surface area contributed by atoms with Gasteiger partial charge in [0.25, 0.3) is 0 Å². The van der Waals surface area contributed by atoms with Gasteiger partial charge in [0.05, 0.1) is 27.0 Å². The lowest BCUT2D eigenvalue weighted by Crippen LogP contribution is -2.05. The fourth-order valence-corrected chi connectivity index (χ4v) is 2.87. The molecule has 0 amide bonds. The van der Waals surface area contributed by atoms with Gasteiger partial charge in [-0.25, -0.2) is 4.39 Å². The lowest BCUT2D eigenvalue weighted by atomic mass is 10.1. The van der Waals surface area contributed by atoms with Crippen molar-refractivity contribution in [3.8, 4) is 0 Å². The predicted molar refractivity (Wildman–Crippen MR) is 72.4 cm³/mol. The van der Waals surface area contributed by atoms with Crippen molar-refractivity contribution in [2.45, 2.75) is 16.8 Å². The Bertz CT molecular complexity index is 668.